The Morgan fingerprint density at radius 3 is 2.89 bits per heavy atom. The number of carbonyl (C=O) groups is 2. The first-order valence-corrected chi connectivity index (χ1v) is 6.36. The monoisotopic (exact) mass is 263 g/mol. The zero-order chi connectivity index (χ0) is 13.8. The van der Waals surface area contributed by atoms with Crippen LogP contribution in [0.1, 0.15) is 20.3 Å². The van der Waals surface area contributed by atoms with Gasteiger partial charge in [-0.1, -0.05) is 12.1 Å². The fourth-order valence-corrected chi connectivity index (χ4v) is 2.03. The molecular formula is C14H17NO4. The molecule has 1 aliphatic heterocycles. The Morgan fingerprint density at radius 2 is 2.16 bits per heavy atom. The second-order valence-corrected chi connectivity index (χ2v) is 4.27. The summed E-state index contributed by atoms with van der Waals surface area (Å²) < 4.78 is 10.4. The zero-order valence-corrected chi connectivity index (χ0v) is 11.1. The van der Waals surface area contributed by atoms with E-state index < -0.39 is 6.10 Å². The van der Waals surface area contributed by atoms with Gasteiger partial charge < -0.3 is 14.4 Å². The van der Waals surface area contributed by atoms with Gasteiger partial charge in [0, 0.05) is 6.54 Å². The van der Waals surface area contributed by atoms with E-state index in [4.69, 9.17) is 9.47 Å². The molecule has 0 N–H and O–H groups in total. The third-order valence-electron chi connectivity index (χ3n) is 2.92. The van der Waals surface area contributed by atoms with Crippen LogP contribution in [0.4, 0.5) is 5.69 Å². The van der Waals surface area contributed by atoms with E-state index in [0.717, 1.165) is 0 Å². The number of para-hydroxylation sites is 2. The molecular weight excluding hydrogens is 246 g/mol. The fourth-order valence-electron chi connectivity index (χ4n) is 2.03. The average molecular weight is 263 g/mol. The maximum absolute atomic E-state index is 12.1. The van der Waals surface area contributed by atoms with Crippen LogP contribution in [0.25, 0.3) is 0 Å². The van der Waals surface area contributed by atoms with Crippen molar-refractivity contribution in [2.45, 2.75) is 26.4 Å². The van der Waals surface area contributed by atoms with Gasteiger partial charge in [-0.2, -0.15) is 0 Å². The number of nitrogens with zero attached hydrogens (tertiary/aromatic N) is 1. The standard InChI is InChI=1S/C14H17NO4/c1-3-18-13(16)8-9-15-11-6-4-5-7-12(11)19-10(2)14(15)17/h4-7,10H,3,8-9H2,1-2H3/t10-/m1/s1. The molecule has 0 saturated heterocycles. The van der Waals surface area contributed by atoms with Crippen LogP contribution in [0.15, 0.2) is 24.3 Å². The molecule has 5 nitrogen and oxygen atoms in total. The molecule has 1 amide bonds. The van der Waals surface area contributed by atoms with Crippen molar-refractivity contribution >= 4 is 17.6 Å². The molecule has 0 aromatic heterocycles. The van der Waals surface area contributed by atoms with Crippen molar-refractivity contribution in [3.8, 4) is 5.75 Å². The Morgan fingerprint density at radius 1 is 1.42 bits per heavy atom. The SMILES string of the molecule is CCOC(=O)CCN1C(=O)[C@@H](C)Oc2ccccc21. The van der Waals surface area contributed by atoms with Crippen LogP contribution in [-0.4, -0.2) is 31.1 Å². The van der Waals surface area contributed by atoms with Crippen LogP contribution in [0.2, 0.25) is 0 Å². The summed E-state index contributed by atoms with van der Waals surface area (Å²) in [7, 11) is 0. The summed E-state index contributed by atoms with van der Waals surface area (Å²) in [5.74, 6) is 0.230. The quantitative estimate of drug-likeness (QED) is 0.777. The predicted molar refractivity (Wildman–Crippen MR) is 70.1 cm³/mol. The molecule has 5 heteroatoms. The lowest BCUT2D eigenvalue weighted by molar-refractivity contribution is -0.142. The summed E-state index contributed by atoms with van der Waals surface area (Å²) in [6.45, 7) is 4.12. The third kappa shape index (κ3) is 2.86. The van der Waals surface area contributed by atoms with E-state index in [0.29, 0.717) is 24.6 Å². The first-order valence-electron chi connectivity index (χ1n) is 6.36. The van der Waals surface area contributed by atoms with Crippen molar-refractivity contribution < 1.29 is 19.1 Å². The van der Waals surface area contributed by atoms with Crippen molar-refractivity contribution in [1.29, 1.82) is 0 Å². The van der Waals surface area contributed by atoms with Gasteiger partial charge in [0.1, 0.15) is 5.75 Å². The van der Waals surface area contributed by atoms with Crippen LogP contribution in [-0.2, 0) is 14.3 Å². The van der Waals surface area contributed by atoms with Gasteiger partial charge >= 0.3 is 5.97 Å². The van der Waals surface area contributed by atoms with Crippen molar-refractivity contribution in [1.82, 2.24) is 0 Å². The lowest BCUT2D eigenvalue weighted by Gasteiger charge is -2.32. The van der Waals surface area contributed by atoms with Crippen LogP contribution < -0.4 is 9.64 Å². The highest BCUT2D eigenvalue weighted by atomic mass is 16.5. The lowest BCUT2D eigenvalue weighted by atomic mass is 10.2. The molecule has 19 heavy (non-hydrogen) atoms. The average Bonchev–Trinajstić information content (AvgIpc) is 2.39. The molecule has 1 aromatic rings. The van der Waals surface area contributed by atoms with E-state index >= 15 is 0 Å². The smallest absolute Gasteiger partial charge is 0.307 e. The number of benzene rings is 1. The Kier molecular flexibility index (Phi) is 4.04. The highest BCUT2D eigenvalue weighted by Crippen LogP contribution is 2.33. The van der Waals surface area contributed by atoms with E-state index in [9.17, 15) is 9.59 Å². The van der Waals surface area contributed by atoms with Gasteiger partial charge in [-0.05, 0) is 26.0 Å². The van der Waals surface area contributed by atoms with Crippen LogP contribution in [0.3, 0.4) is 0 Å². The van der Waals surface area contributed by atoms with E-state index in [1.54, 1.807) is 18.7 Å². The number of fused-ring (bicyclic) bond motifs is 1. The van der Waals surface area contributed by atoms with E-state index in [1.165, 1.54) is 0 Å². The molecule has 1 aromatic carbocycles. The fraction of sp³-hybridized carbons (Fsp3) is 0.429. The summed E-state index contributed by atoms with van der Waals surface area (Å²) in [6, 6.07) is 7.31. The first-order chi connectivity index (χ1) is 9.13. The van der Waals surface area contributed by atoms with Gasteiger partial charge in [-0.15, -0.1) is 0 Å². The third-order valence-corrected chi connectivity index (χ3v) is 2.92. The topological polar surface area (TPSA) is 55.8 Å². The Balaban J connectivity index is 2.14. The van der Waals surface area contributed by atoms with E-state index in [2.05, 4.69) is 0 Å². The molecule has 0 aliphatic carbocycles. The van der Waals surface area contributed by atoms with Crippen LogP contribution in [0.5, 0.6) is 5.75 Å². The molecule has 1 heterocycles. The number of hydrogen-bond acceptors (Lipinski definition) is 4. The minimum absolute atomic E-state index is 0.136. The number of hydrogen-bond donors (Lipinski definition) is 0. The van der Waals surface area contributed by atoms with Crippen molar-refractivity contribution in [3.05, 3.63) is 24.3 Å². The Hall–Kier alpha value is -2.04. The highest BCUT2D eigenvalue weighted by molar-refractivity contribution is 6.00. The molecule has 1 aliphatic rings. The molecule has 0 unspecified atom stereocenters. The van der Waals surface area contributed by atoms with Crippen molar-refractivity contribution in [2.24, 2.45) is 0 Å². The van der Waals surface area contributed by atoms with Crippen LogP contribution in [0, 0.1) is 0 Å². The molecule has 2 rings (SSSR count). The number of carbonyl (C=O) groups excluding carboxylic acids is 2. The molecule has 0 spiro atoms. The minimum atomic E-state index is -0.530. The maximum Gasteiger partial charge on any atom is 0.307 e. The van der Waals surface area contributed by atoms with E-state index in [1.807, 2.05) is 24.3 Å². The Labute approximate surface area is 112 Å². The second kappa shape index (κ2) is 5.73. The number of rotatable bonds is 4. The molecule has 0 fully saturated rings. The summed E-state index contributed by atoms with van der Waals surface area (Å²) in [6.07, 6.45) is -0.349. The molecule has 1 atom stereocenters. The second-order valence-electron chi connectivity index (χ2n) is 4.27. The van der Waals surface area contributed by atoms with Gasteiger partial charge in [-0.3, -0.25) is 9.59 Å². The number of esters is 1. The predicted octanol–water partition coefficient (Wildman–Crippen LogP) is 1.75. The minimum Gasteiger partial charge on any atom is -0.479 e. The normalized spacial score (nSPS) is 17.7. The van der Waals surface area contributed by atoms with E-state index in [-0.39, 0.29) is 18.3 Å². The van der Waals surface area contributed by atoms with Gasteiger partial charge in [0.2, 0.25) is 0 Å². The summed E-state index contributed by atoms with van der Waals surface area (Å²) in [4.78, 5) is 25.1. The molecule has 0 radical (unpaired) electrons. The Bertz CT molecular complexity index is 486. The summed E-state index contributed by atoms with van der Waals surface area (Å²) in [5, 5.41) is 0. The van der Waals surface area contributed by atoms with Crippen molar-refractivity contribution in [3.63, 3.8) is 0 Å². The lowest BCUT2D eigenvalue weighted by Crippen LogP contribution is -2.45. The van der Waals surface area contributed by atoms with Crippen molar-refractivity contribution in [2.75, 3.05) is 18.1 Å². The largest absolute Gasteiger partial charge is 0.479 e. The zero-order valence-electron chi connectivity index (χ0n) is 11.1. The molecule has 0 bridgehead atoms. The van der Waals surface area contributed by atoms with Crippen LogP contribution >= 0.6 is 0 Å². The summed E-state index contributed by atoms with van der Waals surface area (Å²) in [5.41, 5.74) is 0.704. The van der Waals surface area contributed by atoms with Gasteiger partial charge in [-0.25, -0.2) is 0 Å². The first kappa shape index (κ1) is 13.4. The number of anilines is 1. The number of amides is 1. The van der Waals surface area contributed by atoms with Gasteiger partial charge in [0.05, 0.1) is 18.7 Å². The highest BCUT2D eigenvalue weighted by Gasteiger charge is 2.31. The van der Waals surface area contributed by atoms with Gasteiger partial charge in [0.25, 0.3) is 5.91 Å². The van der Waals surface area contributed by atoms with Gasteiger partial charge in [0.15, 0.2) is 6.10 Å². The summed E-state index contributed by atoms with van der Waals surface area (Å²) >= 11 is 0. The maximum atomic E-state index is 12.1. The number of ether oxygens (including phenoxy) is 2. The molecule has 0 saturated carbocycles. The molecule has 102 valence electrons.